The molecule has 4 nitrogen and oxygen atoms in total. The summed E-state index contributed by atoms with van der Waals surface area (Å²) in [5, 5.41) is 8.73. The van der Waals surface area contributed by atoms with Crippen LogP contribution in [0.15, 0.2) is 24.3 Å². The van der Waals surface area contributed by atoms with E-state index in [1.54, 1.807) is 18.9 Å². The average Bonchev–Trinajstić information content (AvgIpc) is 2.34. The number of carbonyl (C=O) groups excluding carboxylic acids is 1. The second-order valence-electron chi connectivity index (χ2n) is 3.87. The van der Waals surface area contributed by atoms with Gasteiger partial charge in [0.1, 0.15) is 12.4 Å². The van der Waals surface area contributed by atoms with Crippen molar-refractivity contribution in [3.8, 4) is 5.75 Å². The summed E-state index contributed by atoms with van der Waals surface area (Å²) in [5.74, 6) is 0.831. The Kier molecular flexibility index (Phi) is 5.49. The maximum atomic E-state index is 11.1. The van der Waals surface area contributed by atoms with Crippen LogP contribution in [0.25, 0.3) is 0 Å². The number of hydrogen-bond donors (Lipinski definition) is 1. The van der Waals surface area contributed by atoms with Gasteiger partial charge in [0.2, 0.25) is 5.91 Å². The Morgan fingerprint density at radius 3 is 2.76 bits per heavy atom. The van der Waals surface area contributed by atoms with Gasteiger partial charge in [-0.25, -0.2) is 0 Å². The van der Waals surface area contributed by atoms with Gasteiger partial charge in [0, 0.05) is 20.5 Å². The van der Waals surface area contributed by atoms with Crippen molar-refractivity contribution in [1.29, 1.82) is 0 Å². The quantitative estimate of drug-likeness (QED) is 0.805. The molecule has 0 saturated carbocycles. The van der Waals surface area contributed by atoms with Crippen LogP contribution in [0.5, 0.6) is 5.75 Å². The number of likely N-dealkylation sites (N-methyl/N-ethyl adjacent to an activating group) is 1. The first kappa shape index (κ1) is 13.5. The standard InChI is InChI=1S/C13H19NO3/c1-11(16)14(2)8-7-12-5-3-4-6-13(12)17-10-9-15/h3-6,15H,7-10H2,1-2H3. The molecular formula is C13H19NO3. The van der Waals surface area contributed by atoms with E-state index in [1.165, 1.54) is 0 Å². The van der Waals surface area contributed by atoms with Gasteiger partial charge in [0.25, 0.3) is 0 Å². The van der Waals surface area contributed by atoms with E-state index >= 15 is 0 Å². The summed E-state index contributed by atoms with van der Waals surface area (Å²) in [6.07, 6.45) is 0.748. The summed E-state index contributed by atoms with van der Waals surface area (Å²) < 4.78 is 5.43. The van der Waals surface area contributed by atoms with Gasteiger partial charge >= 0.3 is 0 Å². The van der Waals surface area contributed by atoms with Gasteiger partial charge in [-0.05, 0) is 18.1 Å². The largest absolute Gasteiger partial charge is 0.491 e. The number of nitrogens with zero attached hydrogens (tertiary/aromatic N) is 1. The van der Waals surface area contributed by atoms with Crippen molar-refractivity contribution in [1.82, 2.24) is 4.90 Å². The summed E-state index contributed by atoms with van der Waals surface area (Å²) >= 11 is 0. The monoisotopic (exact) mass is 237 g/mol. The van der Waals surface area contributed by atoms with E-state index in [0.29, 0.717) is 13.2 Å². The Bertz CT molecular complexity index is 365. The van der Waals surface area contributed by atoms with Gasteiger partial charge in [0.15, 0.2) is 0 Å². The molecule has 0 atom stereocenters. The topological polar surface area (TPSA) is 49.8 Å². The van der Waals surface area contributed by atoms with Crippen molar-refractivity contribution in [2.75, 3.05) is 26.8 Å². The summed E-state index contributed by atoms with van der Waals surface area (Å²) in [4.78, 5) is 12.8. The SMILES string of the molecule is CC(=O)N(C)CCc1ccccc1OCCO. The van der Waals surface area contributed by atoms with E-state index in [4.69, 9.17) is 9.84 Å². The number of benzene rings is 1. The zero-order chi connectivity index (χ0) is 12.7. The fourth-order valence-electron chi connectivity index (χ4n) is 1.45. The van der Waals surface area contributed by atoms with E-state index in [1.807, 2.05) is 24.3 Å². The highest BCUT2D eigenvalue weighted by molar-refractivity contribution is 5.72. The van der Waals surface area contributed by atoms with Crippen LogP contribution >= 0.6 is 0 Å². The van der Waals surface area contributed by atoms with Crippen molar-refractivity contribution >= 4 is 5.91 Å². The van der Waals surface area contributed by atoms with Gasteiger partial charge in [-0.2, -0.15) is 0 Å². The zero-order valence-electron chi connectivity index (χ0n) is 10.3. The van der Waals surface area contributed by atoms with E-state index in [2.05, 4.69) is 0 Å². The number of aliphatic hydroxyl groups is 1. The molecule has 17 heavy (non-hydrogen) atoms. The maximum Gasteiger partial charge on any atom is 0.219 e. The number of hydrogen-bond acceptors (Lipinski definition) is 3. The first-order chi connectivity index (χ1) is 8.15. The Morgan fingerprint density at radius 2 is 2.12 bits per heavy atom. The predicted octanol–water partition coefficient (Wildman–Crippen LogP) is 1.08. The molecule has 0 aliphatic heterocycles. The van der Waals surface area contributed by atoms with E-state index in [-0.39, 0.29) is 12.5 Å². The fraction of sp³-hybridized carbons (Fsp3) is 0.462. The van der Waals surface area contributed by atoms with Crippen LogP contribution < -0.4 is 4.74 Å². The number of carbonyl (C=O) groups is 1. The smallest absolute Gasteiger partial charge is 0.219 e. The molecule has 1 N–H and O–H groups in total. The highest BCUT2D eigenvalue weighted by atomic mass is 16.5. The van der Waals surface area contributed by atoms with Crippen LogP contribution in [0.2, 0.25) is 0 Å². The first-order valence-electron chi connectivity index (χ1n) is 5.68. The lowest BCUT2D eigenvalue weighted by atomic mass is 10.1. The Balaban J connectivity index is 2.60. The number of aliphatic hydroxyl groups excluding tert-OH is 1. The number of ether oxygens (including phenoxy) is 1. The summed E-state index contributed by atoms with van der Waals surface area (Å²) in [6, 6.07) is 7.68. The van der Waals surface area contributed by atoms with Crippen molar-refractivity contribution in [3.63, 3.8) is 0 Å². The molecule has 0 unspecified atom stereocenters. The number of amides is 1. The minimum absolute atomic E-state index is 0.00167. The van der Waals surface area contributed by atoms with Crippen LogP contribution in [-0.2, 0) is 11.2 Å². The molecule has 0 spiro atoms. The molecule has 4 heteroatoms. The normalized spacial score (nSPS) is 10.1. The lowest BCUT2D eigenvalue weighted by Crippen LogP contribution is -2.26. The summed E-state index contributed by atoms with van der Waals surface area (Å²) in [5.41, 5.74) is 1.05. The van der Waals surface area contributed by atoms with Gasteiger partial charge in [-0.15, -0.1) is 0 Å². The Morgan fingerprint density at radius 1 is 1.41 bits per heavy atom. The highest BCUT2D eigenvalue weighted by Gasteiger charge is 2.06. The second kappa shape index (κ2) is 6.91. The van der Waals surface area contributed by atoms with Crippen LogP contribution in [0.3, 0.4) is 0 Å². The van der Waals surface area contributed by atoms with E-state index in [0.717, 1.165) is 17.7 Å². The first-order valence-corrected chi connectivity index (χ1v) is 5.68. The van der Waals surface area contributed by atoms with Crippen LogP contribution in [0.4, 0.5) is 0 Å². The molecule has 0 saturated heterocycles. The van der Waals surface area contributed by atoms with E-state index < -0.39 is 0 Å². The molecule has 0 aliphatic rings. The molecule has 0 bridgehead atoms. The molecule has 1 aromatic rings. The van der Waals surface area contributed by atoms with Crippen molar-refractivity contribution < 1.29 is 14.6 Å². The molecule has 1 aromatic carbocycles. The molecule has 1 amide bonds. The molecule has 1 rings (SSSR count). The third kappa shape index (κ3) is 4.44. The summed E-state index contributed by atoms with van der Waals surface area (Å²) in [6.45, 7) is 2.50. The third-order valence-electron chi connectivity index (χ3n) is 2.58. The highest BCUT2D eigenvalue weighted by Crippen LogP contribution is 2.18. The fourth-order valence-corrected chi connectivity index (χ4v) is 1.45. The van der Waals surface area contributed by atoms with Crippen molar-refractivity contribution in [3.05, 3.63) is 29.8 Å². The van der Waals surface area contributed by atoms with Crippen LogP contribution in [0.1, 0.15) is 12.5 Å². The molecule has 0 radical (unpaired) electrons. The molecule has 0 heterocycles. The van der Waals surface area contributed by atoms with E-state index in [9.17, 15) is 4.79 Å². The minimum Gasteiger partial charge on any atom is -0.491 e. The maximum absolute atomic E-state index is 11.1. The van der Waals surface area contributed by atoms with Gasteiger partial charge in [-0.1, -0.05) is 18.2 Å². The molecule has 0 aliphatic carbocycles. The average molecular weight is 237 g/mol. The Hall–Kier alpha value is -1.55. The number of rotatable bonds is 6. The minimum atomic E-state index is 0.00167. The second-order valence-corrected chi connectivity index (χ2v) is 3.87. The molecular weight excluding hydrogens is 218 g/mol. The lowest BCUT2D eigenvalue weighted by Gasteiger charge is -2.16. The lowest BCUT2D eigenvalue weighted by molar-refractivity contribution is -0.127. The molecule has 0 fully saturated rings. The Labute approximate surface area is 102 Å². The number of para-hydroxylation sites is 1. The van der Waals surface area contributed by atoms with Crippen LogP contribution in [-0.4, -0.2) is 42.7 Å². The van der Waals surface area contributed by atoms with Gasteiger partial charge < -0.3 is 14.7 Å². The van der Waals surface area contributed by atoms with Gasteiger partial charge in [-0.3, -0.25) is 4.79 Å². The van der Waals surface area contributed by atoms with Crippen molar-refractivity contribution in [2.45, 2.75) is 13.3 Å². The van der Waals surface area contributed by atoms with Gasteiger partial charge in [0.05, 0.1) is 6.61 Å². The molecule has 94 valence electrons. The zero-order valence-corrected chi connectivity index (χ0v) is 10.3. The predicted molar refractivity (Wildman–Crippen MR) is 66.0 cm³/mol. The molecule has 0 aromatic heterocycles. The van der Waals surface area contributed by atoms with Crippen LogP contribution in [0, 0.1) is 0 Å². The van der Waals surface area contributed by atoms with Crippen molar-refractivity contribution in [2.24, 2.45) is 0 Å². The third-order valence-corrected chi connectivity index (χ3v) is 2.58. The summed E-state index contributed by atoms with van der Waals surface area (Å²) in [7, 11) is 1.78.